The van der Waals surface area contributed by atoms with E-state index < -0.39 is 0 Å². The summed E-state index contributed by atoms with van der Waals surface area (Å²) in [4.78, 5) is 31.0. The molecule has 1 spiro atoms. The van der Waals surface area contributed by atoms with E-state index >= 15 is 0 Å². The van der Waals surface area contributed by atoms with Gasteiger partial charge in [0.25, 0.3) is 0 Å². The quantitative estimate of drug-likeness (QED) is 0.128. The molecule has 0 aliphatic heterocycles. The smallest absolute Gasteiger partial charge is 0.164 e. The average molecular weight is 1250 g/mol. The number of aromatic nitrogens is 6. The van der Waals surface area contributed by atoms with Crippen LogP contribution in [0.3, 0.4) is 0 Å². The summed E-state index contributed by atoms with van der Waals surface area (Å²) in [6.07, 6.45) is 5.13. The largest absolute Gasteiger partial charge is 0.208 e. The summed E-state index contributed by atoms with van der Waals surface area (Å²) in [6, 6.07) is 109. The van der Waals surface area contributed by atoms with Crippen molar-refractivity contribution in [3.05, 3.63) is 314 Å². The zero-order chi connectivity index (χ0) is 64.6. The first-order valence-corrected chi connectivity index (χ1v) is 34.2. The van der Waals surface area contributed by atoms with Crippen LogP contribution in [-0.4, -0.2) is 29.9 Å². The molecule has 13 aromatic carbocycles. The van der Waals surface area contributed by atoms with Gasteiger partial charge in [0, 0.05) is 38.8 Å². The average Bonchev–Trinajstić information content (AvgIpc) is 1.55. The Morgan fingerprint density at radius 3 is 1.14 bits per heavy atom. The molecule has 0 N–H and O–H groups in total. The summed E-state index contributed by atoms with van der Waals surface area (Å²) in [6.45, 7) is 5.09. The van der Waals surface area contributed by atoms with Gasteiger partial charge in [0.15, 0.2) is 34.9 Å². The van der Waals surface area contributed by atoms with E-state index in [4.69, 9.17) is 29.9 Å². The van der Waals surface area contributed by atoms with Crippen LogP contribution in [0, 0.1) is 23.7 Å². The molecule has 3 aliphatic rings. The van der Waals surface area contributed by atoms with Crippen LogP contribution in [0.2, 0.25) is 0 Å². The predicted molar refractivity (Wildman–Crippen MR) is 398 cm³/mol. The van der Waals surface area contributed by atoms with E-state index in [1.54, 1.807) is 0 Å². The van der Waals surface area contributed by atoms with Crippen molar-refractivity contribution in [3.63, 3.8) is 0 Å². The van der Waals surface area contributed by atoms with Crippen LogP contribution in [0.25, 0.3) is 157 Å². The topological polar surface area (TPSA) is 77.3 Å². The molecule has 18 rings (SSSR count). The van der Waals surface area contributed by atoms with Gasteiger partial charge in [-0.15, -0.1) is 0 Å². The number of benzene rings is 13. The van der Waals surface area contributed by atoms with Crippen LogP contribution >= 0.6 is 0 Å². The number of rotatable bonds is 11. The van der Waals surface area contributed by atoms with Gasteiger partial charge < -0.3 is 0 Å². The lowest BCUT2D eigenvalue weighted by Crippen LogP contribution is -2.49. The van der Waals surface area contributed by atoms with Crippen molar-refractivity contribution in [2.75, 3.05) is 0 Å². The van der Waals surface area contributed by atoms with Crippen LogP contribution in [0.1, 0.15) is 50.7 Å². The molecule has 0 amide bonds. The second-order valence-electron chi connectivity index (χ2n) is 27.2. The summed E-state index contributed by atoms with van der Waals surface area (Å²) >= 11 is 0. The van der Waals surface area contributed by atoms with Crippen LogP contribution < -0.4 is 0 Å². The van der Waals surface area contributed by atoms with Crippen LogP contribution in [0.15, 0.2) is 303 Å². The minimum atomic E-state index is -0.0866. The molecule has 15 aromatic rings. The Hall–Kier alpha value is -11.6. The lowest BCUT2D eigenvalue weighted by atomic mass is 9.49. The maximum Gasteiger partial charge on any atom is 0.164 e. The van der Waals surface area contributed by atoms with Gasteiger partial charge >= 0.3 is 0 Å². The highest BCUT2D eigenvalue weighted by Gasteiger charge is 2.57. The van der Waals surface area contributed by atoms with E-state index in [0.29, 0.717) is 52.7 Å². The third-order valence-corrected chi connectivity index (χ3v) is 21.3. The second kappa shape index (κ2) is 24.0. The Kier molecular flexibility index (Phi) is 14.4. The summed E-state index contributed by atoms with van der Waals surface area (Å²) in [5.74, 6) is 6.37. The maximum atomic E-state index is 5.26. The van der Waals surface area contributed by atoms with Crippen molar-refractivity contribution in [2.45, 2.75) is 44.9 Å². The molecule has 97 heavy (non-hydrogen) atoms. The van der Waals surface area contributed by atoms with Crippen molar-refractivity contribution < 1.29 is 0 Å². The SMILES string of the molecule is CC1CC2CC(C)C3(c4ccc(-c5cccc(-c6cccc(-c7cccc(-c8nc(-c9ccccc9)nc(-c9cccc%10ccccc9%10)n8)c7)c6)c5)cc4-c4c(-c5cccc(-c6cccc(-c7nc(-c8ccccc8)nc(-c8cccc9ccccc89)n7)c6)c5)cccc43)C(C1)C2. The molecular formula is C91H68N6. The fraction of sp³-hybridized carbons (Fsp3) is 0.121. The van der Waals surface area contributed by atoms with E-state index in [1.807, 2.05) is 36.4 Å². The molecule has 6 nitrogen and oxygen atoms in total. The third-order valence-electron chi connectivity index (χ3n) is 21.3. The molecule has 0 radical (unpaired) electrons. The van der Waals surface area contributed by atoms with Gasteiger partial charge in [0.05, 0.1) is 0 Å². The van der Waals surface area contributed by atoms with E-state index in [1.165, 1.54) is 75.8 Å². The summed E-state index contributed by atoms with van der Waals surface area (Å²) in [5, 5.41) is 4.50. The predicted octanol–water partition coefficient (Wildman–Crippen LogP) is 23.1. The van der Waals surface area contributed by atoms with Gasteiger partial charge in [0.2, 0.25) is 0 Å². The van der Waals surface area contributed by atoms with Crippen LogP contribution in [-0.2, 0) is 5.41 Å². The van der Waals surface area contributed by atoms with Crippen LogP contribution in [0.5, 0.6) is 0 Å². The first kappa shape index (κ1) is 58.0. The number of fused-ring (bicyclic) bond motifs is 10. The molecule has 0 saturated heterocycles. The Labute approximate surface area is 566 Å². The van der Waals surface area contributed by atoms with Crippen molar-refractivity contribution in [2.24, 2.45) is 23.7 Å². The minimum absolute atomic E-state index is 0.0866. The molecule has 3 aliphatic carbocycles. The Bertz CT molecular complexity index is 5550. The molecule has 462 valence electrons. The third kappa shape index (κ3) is 10.3. The highest BCUT2D eigenvalue weighted by atomic mass is 15.0. The van der Waals surface area contributed by atoms with Crippen molar-refractivity contribution >= 4 is 21.5 Å². The van der Waals surface area contributed by atoms with Crippen molar-refractivity contribution in [1.29, 1.82) is 0 Å². The van der Waals surface area contributed by atoms with Gasteiger partial charge in [-0.25, -0.2) is 29.9 Å². The monoisotopic (exact) mass is 1240 g/mol. The molecule has 2 saturated carbocycles. The minimum Gasteiger partial charge on any atom is -0.208 e. The van der Waals surface area contributed by atoms with Gasteiger partial charge in [-0.3, -0.25) is 0 Å². The van der Waals surface area contributed by atoms with Crippen molar-refractivity contribution in [1.82, 2.24) is 29.9 Å². The number of nitrogens with zero attached hydrogens (tertiary/aromatic N) is 6. The normalized spacial score (nSPS) is 17.7. The zero-order valence-electron chi connectivity index (χ0n) is 54.2. The highest BCUT2D eigenvalue weighted by Crippen LogP contribution is 2.66. The molecule has 2 heterocycles. The first-order valence-electron chi connectivity index (χ1n) is 34.2. The molecule has 2 aromatic heterocycles. The Morgan fingerprint density at radius 2 is 0.629 bits per heavy atom. The zero-order valence-corrected chi connectivity index (χ0v) is 54.2. The Morgan fingerprint density at radius 1 is 0.258 bits per heavy atom. The maximum absolute atomic E-state index is 5.26. The van der Waals surface area contributed by atoms with Crippen LogP contribution in [0.4, 0.5) is 0 Å². The number of hydrogen-bond acceptors (Lipinski definition) is 6. The second-order valence-corrected chi connectivity index (χ2v) is 27.2. The molecular weight excluding hydrogens is 1180 g/mol. The summed E-state index contributed by atoms with van der Waals surface area (Å²) < 4.78 is 0. The van der Waals surface area contributed by atoms with Gasteiger partial charge in [-0.05, 0) is 185 Å². The Balaban J connectivity index is 0.704. The molecule has 5 atom stereocenters. The van der Waals surface area contributed by atoms with Gasteiger partial charge in [-0.2, -0.15) is 0 Å². The van der Waals surface area contributed by atoms with Gasteiger partial charge in [0.1, 0.15) is 0 Å². The number of hydrogen-bond donors (Lipinski definition) is 0. The molecule has 6 heteroatoms. The lowest BCUT2D eigenvalue weighted by Gasteiger charge is -2.54. The standard InChI is InChI=1S/C91H68N6/c1-57-47-59-49-58(2)91(75(48-57)50-59)82-46-45-71(67-32-14-30-65(52-67)64-29-13-31-66(51-64)69-34-16-37-73(54-69)87-92-85(62-23-5-3-6-24-62)94-89(96-87)79-42-18-27-60-21-9-11-39-76(60)79)56-81(82)84-78(41-20-44-83(84)91)72-36-15-33-68(53-72)70-35-17-38-74(55-70)88-93-86(63-25-7-4-8-26-63)95-90(97-88)80-43-19-28-61-22-10-12-40-77(61)80/h3-46,51-59,75H,47-50H2,1-2H3. The van der Waals surface area contributed by atoms with Gasteiger partial charge in [-0.1, -0.05) is 281 Å². The molecule has 2 fully saturated rings. The molecule has 5 unspecified atom stereocenters. The summed E-state index contributed by atoms with van der Waals surface area (Å²) in [7, 11) is 0. The first-order chi connectivity index (χ1) is 47.8. The molecule has 2 bridgehead atoms. The lowest BCUT2D eigenvalue weighted by molar-refractivity contribution is 0.0426. The van der Waals surface area contributed by atoms with Crippen molar-refractivity contribution in [3.8, 4) is 135 Å². The fourth-order valence-corrected chi connectivity index (χ4v) is 17.1. The van der Waals surface area contributed by atoms with E-state index in [2.05, 4.69) is 281 Å². The van der Waals surface area contributed by atoms with E-state index in [-0.39, 0.29) is 5.41 Å². The summed E-state index contributed by atoms with van der Waals surface area (Å²) in [5.41, 5.74) is 23.1. The fourth-order valence-electron chi connectivity index (χ4n) is 17.1. The highest BCUT2D eigenvalue weighted by molar-refractivity contribution is 5.98. The van der Waals surface area contributed by atoms with E-state index in [0.717, 1.165) is 88.7 Å². The van der Waals surface area contributed by atoms with E-state index in [9.17, 15) is 0 Å².